The lowest BCUT2D eigenvalue weighted by Gasteiger charge is -2.04. The quantitative estimate of drug-likeness (QED) is 0.371. The molecule has 0 aliphatic carbocycles. The van der Waals surface area contributed by atoms with Gasteiger partial charge in [-0.2, -0.15) is 0 Å². The van der Waals surface area contributed by atoms with E-state index < -0.39 is 12.0 Å². The van der Waals surface area contributed by atoms with Crippen molar-refractivity contribution >= 4 is 5.97 Å². The van der Waals surface area contributed by atoms with Gasteiger partial charge >= 0.3 is 5.97 Å². The number of nitrogens with two attached hydrogens (primary N) is 1. The first-order chi connectivity index (χ1) is 5.70. The molecule has 0 bridgehead atoms. The van der Waals surface area contributed by atoms with Crippen molar-refractivity contribution in [2.45, 2.75) is 12.5 Å². The maximum absolute atomic E-state index is 10.4. The SMILES string of the molecule is N.N.N.N.N.N.N.N.N.N.N.NC(Cc1ccccc1)C(=O)O. The Morgan fingerprint density at radius 1 is 0.783 bits per heavy atom. The molecule has 36 N–H and O–H groups in total. The molecule has 0 heterocycles. The molecular weight excluding hydrogens is 308 g/mol. The molecule has 1 aromatic rings. The second-order valence-electron chi connectivity index (χ2n) is 2.63. The predicted molar refractivity (Wildman–Crippen MR) is 101 cm³/mol. The van der Waals surface area contributed by atoms with E-state index in [1.807, 2.05) is 30.3 Å². The molecule has 23 heavy (non-hydrogen) atoms. The molecule has 0 amide bonds. The van der Waals surface area contributed by atoms with E-state index in [9.17, 15) is 4.79 Å². The predicted octanol–water partition coefficient (Wildman–Crippen LogP) is 2.42. The van der Waals surface area contributed by atoms with Crippen molar-refractivity contribution in [3.8, 4) is 0 Å². The molecule has 0 fully saturated rings. The number of rotatable bonds is 3. The van der Waals surface area contributed by atoms with Crippen LogP contribution in [0.25, 0.3) is 0 Å². The summed E-state index contributed by atoms with van der Waals surface area (Å²) in [6.07, 6.45) is 0.385. The highest BCUT2D eigenvalue weighted by Crippen LogP contribution is 2.01. The third-order valence-electron chi connectivity index (χ3n) is 1.62. The van der Waals surface area contributed by atoms with E-state index in [4.69, 9.17) is 10.8 Å². The van der Waals surface area contributed by atoms with Crippen LogP contribution in [-0.2, 0) is 11.2 Å². The molecule has 0 spiro atoms. The smallest absolute Gasteiger partial charge is 0.320 e. The molecule has 1 unspecified atom stereocenters. The van der Waals surface area contributed by atoms with Crippen molar-refractivity contribution in [3.05, 3.63) is 35.9 Å². The number of hydrogen-bond acceptors (Lipinski definition) is 13. The van der Waals surface area contributed by atoms with Crippen LogP contribution >= 0.6 is 0 Å². The highest BCUT2D eigenvalue weighted by molar-refractivity contribution is 5.73. The molecular formula is C9H44N12O2. The van der Waals surface area contributed by atoms with E-state index in [0.717, 1.165) is 5.56 Å². The van der Waals surface area contributed by atoms with Gasteiger partial charge in [0.2, 0.25) is 0 Å². The van der Waals surface area contributed by atoms with Gasteiger partial charge in [0.25, 0.3) is 0 Å². The van der Waals surface area contributed by atoms with Gasteiger partial charge in [0.05, 0.1) is 0 Å². The molecule has 0 saturated heterocycles. The maximum Gasteiger partial charge on any atom is 0.320 e. The Kier molecular flexibility index (Phi) is 154. The first kappa shape index (κ1) is 83.1. The van der Waals surface area contributed by atoms with Crippen molar-refractivity contribution in [2.75, 3.05) is 0 Å². The van der Waals surface area contributed by atoms with E-state index in [1.54, 1.807) is 0 Å². The van der Waals surface area contributed by atoms with Gasteiger partial charge in [0.15, 0.2) is 0 Å². The summed E-state index contributed by atoms with van der Waals surface area (Å²) < 4.78 is 0. The lowest BCUT2D eigenvalue weighted by atomic mass is 10.1. The average Bonchev–Trinajstić information content (AvgIpc) is 2.06. The van der Waals surface area contributed by atoms with Crippen molar-refractivity contribution in [3.63, 3.8) is 0 Å². The van der Waals surface area contributed by atoms with Crippen LogP contribution in [0.1, 0.15) is 5.56 Å². The number of hydrogen-bond donors (Lipinski definition) is 13. The Balaban J connectivity index is -0.0000000145. The minimum absolute atomic E-state index is 0. The van der Waals surface area contributed by atoms with E-state index in [1.165, 1.54) is 0 Å². The van der Waals surface area contributed by atoms with Gasteiger partial charge in [-0.3, -0.25) is 4.79 Å². The minimum atomic E-state index is -0.959. The fourth-order valence-corrected chi connectivity index (χ4v) is 0.955. The summed E-state index contributed by atoms with van der Waals surface area (Å²) in [6, 6.07) is 8.54. The monoisotopic (exact) mass is 352 g/mol. The number of carbonyl (C=O) groups is 1. The summed E-state index contributed by atoms with van der Waals surface area (Å²) in [7, 11) is 0. The molecule has 0 aliphatic rings. The number of carboxylic acid groups (broad SMARTS) is 1. The Hall–Kier alpha value is -1.79. The van der Waals surface area contributed by atoms with E-state index in [2.05, 4.69) is 0 Å². The third-order valence-corrected chi connectivity index (χ3v) is 1.62. The molecule has 0 radical (unpaired) electrons. The normalized spacial score (nSPS) is 6.48. The standard InChI is InChI=1S/C9H11NO2.11H3N/c10-8(9(11)12)6-7-4-2-1-3-5-7;;;;;;;;;;;/h1-5,8H,6,10H2,(H,11,12);11*1H3. The zero-order valence-electron chi connectivity index (χ0n) is 14.4. The molecule has 14 heteroatoms. The van der Waals surface area contributed by atoms with Crippen LogP contribution in [0.3, 0.4) is 0 Å². The van der Waals surface area contributed by atoms with Gasteiger partial charge < -0.3 is 78.5 Å². The van der Waals surface area contributed by atoms with Crippen molar-refractivity contribution < 1.29 is 9.90 Å². The van der Waals surface area contributed by atoms with Gasteiger partial charge in [-0.15, -0.1) is 0 Å². The highest BCUT2D eigenvalue weighted by Gasteiger charge is 2.10. The average molecular weight is 353 g/mol. The van der Waals surface area contributed by atoms with E-state index in [-0.39, 0.29) is 67.7 Å². The van der Waals surface area contributed by atoms with Crippen LogP contribution in [0.15, 0.2) is 30.3 Å². The number of benzene rings is 1. The summed E-state index contributed by atoms with van der Waals surface area (Å²) >= 11 is 0. The molecule has 1 rings (SSSR count). The van der Waals surface area contributed by atoms with Gasteiger partial charge in [0.1, 0.15) is 6.04 Å². The van der Waals surface area contributed by atoms with Gasteiger partial charge in [-0.05, 0) is 12.0 Å². The number of aliphatic carboxylic acids is 1. The molecule has 0 saturated carbocycles. The molecule has 152 valence electrons. The molecule has 1 atom stereocenters. The lowest BCUT2D eigenvalue weighted by Crippen LogP contribution is -2.32. The molecule has 0 aliphatic heterocycles. The van der Waals surface area contributed by atoms with Crippen molar-refractivity contribution in [2.24, 2.45) is 5.73 Å². The van der Waals surface area contributed by atoms with Crippen molar-refractivity contribution in [1.82, 2.24) is 67.7 Å². The molecule has 1 aromatic carbocycles. The Labute approximate surface area is 138 Å². The lowest BCUT2D eigenvalue weighted by molar-refractivity contribution is -0.138. The van der Waals surface area contributed by atoms with Crippen LogP contribution in [0.5, 0.6) is 0 Å². The topological polar surface area (TPSA) is 448 Å². The Bertz CT molecular complexity index is 276. The summed E-state index contributed by atoms with van der Waals surface area (Å²) in [5, 5.41) is 8.52. The minimum Gasteiger partial charge on any atom is -0.480 e. The van der Waals surface area contributed by atoms with Crippen LogP contribution in [0.4, 0.5) is 0 Å². The first-order valence-corrected chi connectivity index (χ1v) is 3.72. The molecule has 14 nitrogen and oxygen atoms in total. The van der Waals surface area contributed by atoms with Gasteiger partial charge in [0, 0.05) is 0 Å². The Morgan fingerprint density at radius 3 is 1.35 bits per heavy atom. The third kappa shape index (κ3) is 33.2. The number of carboxylic acids is 1. The van der Waals surface area contributed by atoms with Crippen LogP contribution < -0.4 is 73.4 Å². The highest BCUT2D eigenvalue weighted by atomic mass is 16.4. The summed E-state index contributed by atoms with van der Waals surface area (Å²) in [4.78, 5) is 10.4. The van der Waals surface area contributed by atoms with Gasteiger partial charge in [-0.1, -0.05) is 30.3 Å². The second kappa shape index (κ2) is 42.7. The second-order valence-corrected chi connectivity index (χ2v) is 2.63. The van der Waals surface area contributed by atoms with E-state index >= 15 is 0 Å². The van der Waals surface area contributed by atoms with Crippen LogP contribution in [0.2, 0.25) is 0 Å². The van der Waals surface area contributed by atoms with Crippen molar-refractivity contribution in [1.29, 1.82) is 0 Å². The van der Waals surface area contributed by atoms with Crippen LogP contribution in [-0.4, -0.2) is 17.1 Å². The zero-order valence-corrected chi connectivity index (χ0v) is 14.4. The zero-order chi connectivity index (χ0) is 8.97. The maximum atomic E-state index is 10.4. The summed E-state index contributed by atoms with van der Waals surface area (Å²) in [5.74, 6) is -0.959. The first-order valence-electron chi connectivity index (χ1n) is 3.72. The fourth-order valence-electron chi connectivity index (χ4n) is 0.955. The summed E-state index contributed by atoms with van der Waals surface area (Å²) in [5.41, 5.74) is 6.30. The molecule has 0 aromatic heterocycles. The summed E-state index contributed by atoms with van der Waals surface area (Å²) in [6.45, 7) is 0. The van der Waals surface area contributed by atoms with Crippen LogP contribution in [0, 0.1) is 0 Å². The van der Waals surface area contributed by atoms with Gasteiger partial charge in [-0.25, -0.2) is 0 Å². The largest absolute Gasteiger partial charge is 0.480 e. The fraction of sp³-hybridized carbons (Fsp3) is 0.222. The Morgan fingerprint density at radius 2 is 1.09 bits per heavy atom. The van der Waals surface area contributed by atoms with E-state index in [0.29, 0.717) is 6.42 Å².